The summed E-state index contributed by atoms with van der Waals surface area (Å²) in [5, 5.41) is 3.57. The SMILES string of the molecule is CC(C)(C)c1ccccc1Nc1cc(Cl)nc(N)n1. The molecule has 0 aliphatic rings. The first kappa shape index (κ1) is 13.6. The number of nitrogens with zero attached hydrogens (tertiary/aromatic N) is 2. The normalized spacial score (nSPS) is 11.4. The van der Waals surface area contributed by atoms with Gasteiger partial charge in [-0.25, -0.2) is 4.98 Å². The van der Waals surface area contributed by atoms with E-state index in [0.29, 0.717) is 11.0 Å². The largest absolute Gasteiger partial charge is 0.368 e. The first-order valence-electron chi connectivity index (χ1n) is 6.03. The molecule has 4 nitrogen and oxygen atoms in total. The van der Waals surface area contributed by atoms with Crippen LogP contribution in [0.1, 0.15) is 26.3 Å². The van der Waals surface area contributed by atoms with Crippen molar-refractivity contribution < 1.29 is 0 Å². The molecule has 0 spiro atoms. The molecule has 0 atom stereocenters. The smallest absolute Gasteiger partial charge is 0.223 e. The fourth-order valence-electron chi connectivity index (χ4n) is 1.88. The molecule has 2 rings (SSSR count). The summed E-state index contributed by atoms with van der Waals surface area (Å²) in [5.74, 6) is 0.748. The predicted molar refractivity (Wildman–Crippen MR) is 79.9 cm³/mol. The van der Waals surface area contributed by atoms with Gasteiger partial charge < -0.3 is 11.1 Å². The Hall–Kier alpha value is -1.81. The summed E-state index contributed by atoms with van der Waals surface area (Å²) >= 11 is 5.87. The Morgan fingerprint density at radius 2 is 1.84 bits per heavy atom. The molecule has 19 heavy (non-hydrogen) atoms. The third-order valence-corrected chi connectivity index (χ3v) is 2.90. The molecule has 0 saturated heterocycles. The van der Waals surface area contributed by atoms with Crippen molar-refractivity contribution in [2.24, 2.45) is 0 Å². The van der Waals surface area contributed by atoms with Gasteiger partial charge in [-0.05, 0) is 17.0 Å². The van der Waals surface area contributed by atoms with Crippen LogP contribution < -0.4 is 11.1 Å². The van der Waals surface area contributed by atoms with Crippen LogP contribution in [-0.4, -0.2) is 9.97 Å². The van der Waals surface area contributed by atoms with E-state index < -0.39 is 0 Å². The van der Waals surface area contributed by atoms with Crippen molar-refractivity contribution in [2.75, 3.05) is 11.1 Å². The van der Waals surface area contributed by atoms with Crippen molar-refractivity contribution in [1.82, 2.24) is 9.97 Å². The molecular formula is C14H17ClN4. The molecule has 2 aromatic rings. The number of halogens is 1. The second kappa shape index (κ2) is 5.05. The van der Waals surface area contributed by atoms with Gasteiger partial charge in [0.1, 0.15) is 11.0 Å². The Bertz CT molecular complexity index is 570. The number of anilines is 3. The molecule has 1 heterocycles. The lowest BCUT2D eigenvalue weighted by molar-refractivity contribution is 0.592. The zero-order valence-electron chi connectivity index (χ0n) is 11.2. The molecule has 0 fully saturated rings. The van der Waals surface area contributed by atoms with Crippen molar-refractivity contribution in [1.29, 1.82) is 0 Å². The second-order valence-electron chi connectivity index (χ2n) is 5.35. The van der Waals surface area contributed by atoms with Crippen LogP contribution in [0.15, 0.2) is 30.3 Å². The first-order valence-corrected chi connectivity index (χ1v) is 6.40. The van der Waals surface area contributed by atoms with E-state index in [4.69, 9.17) is 17.3 Å². The number of benzene rings is 1. The molecule has 0 aliphatic heterocycles. The zero-order valence-corrected chi connectivity index (χ0v) is 12.0. The second-order valence-corrected chi connectivity index (χ2v) is 5.74. The summed E-state index contributed by atoms with van der Waals surface area (Å²) in [5.41, 5.74) is 7.81. The maximum Gasteiger partial charge on any atom is 0.223 e. The summed E-state index contributed by atoms with van der Waals surface area (Å²) < 4.78 is 0. The van der Waals surface area contributed by atoms with Crippen molar-refractivity contribution in [3.05, 3.63) is 41.0 Å². The summed E-state index contributed by atoms with van der Waals surface area (Å²) in [7, 11) is 0. The van der Waals surface area contributed by atoms with Crippen molar-refractivity contribution in [3.63, 3.8) is 0 Å². The van der Waals surface area contributed by atoms with E-state index in [1.165, 1.54) is 5.56 Å². The third kappa shape index (κ3) is 3.35. The van der Waals surface area contributed by atoms with Gasteiger partial charge >= 0.3 is 0 Å². The predicted octanol–water partition coefficient (Wildman–Crippen LogP) is 3.75. The van der Waals surface area contributed by atoms with Crippen LogP contribution in [0.3, 0.4) is 0 Å². The minimum absolute atomic E-state index is 0.0337. The Kier molecular flexibility index (Phi) is 3.62. The van der Waals surface area contributed by atoms with Gasteiger partial charge in [-0.2, -0.15) is 4.98 Å². The van der Waals surface area contributed by atoms with Gasteiger partial charge in [-0.15, -0.1) is 0 Å². The summed E-state index contributed by atoms with van der Waals surface area (Å²) in [4.78, 5) is 7.96. The average Bonchev–Trinajstić information content (AvgIpc) is 2.26. The Balaban J connectivity index is 2.38. The van der Waals surface area contributed by atoms with E-state index in [0.717, 1.165) is 5.69 Å². The molecule has 0 aliphatic carbocycles. The van der Waals surface area contributed by atoms with Crippen molar-refractivity contribution in [2.45, 2.75) is 26.2 Å². The Labute approximate surface area is 118 Å². The van der Waals surface area contributed by atoms with Crippen molar-refractivity contribution >= 4 is 29.1 Å². The van der Waals surface area contributed by atoms with Gasteiger partial charge in [0.25, 0.3) is 0 Å². The van der Waals surface area contributed by atoms with Gasteiger partial charge in [-0.3, -0.25) is 0 Å². The molecule has 1 aromatic heterocycles. The molecule has 0 bridgehead atoms. The fourth-order valence-corrected chi connectivity index (χ4v) is 2.07. The molecule has 100 valence electrons. The number of hydrogen-bond donors (Lipinski definition) is 2. The highest BCUT2D eigenvalue weighted by molar-refractivity contribution is 6.29. The molecule has 0 saturated carbocycles. The standard InChI is InChI=1S/C14H17ClN4/c1-14(2,3)9-6-4-5-7-10(9)17-12-8-11(15)18-13(16)19-12/h4-8H,1-3H3,(H3,16,17,18,19). The lowest BCUT2D eigenvalue weighted by atomic mass is 9.86. The van der Waals surface area contributed by atoms with Crippen LogP contribution in [0.2, 0.25) is 5.15 Å². The minimum atomic E-state index is 0.0337. The van der Waals surface area contributed by atoms with E-state index in [1.54, 1.807) is 6.07 Å². The van der Waals surface area contributed by atoms with E-state index in [2.05, 4.69) is 42.1 Å². The van der Waals surface area contributed by atoms with Crippen LogP contribution in [0, 0.1) is 0 Å². The van der Waals surface area contributed by atoms with Crippen LogP contribution in [0.25, 0.3) is 0 Å². The summed E-state index contributed by atoms with van der Waals surface area (Å²) in [6.45, 7) is 6.48. The molecular weight excluding hydrogens is 260 g/mol. The summed E-state index contributed by atoms with van der Waals surface area (Å²) in [6.07, 6.45) is 0. The molecule has 0 radical (unpaired) electrons. The lowest BCUT2D eigenvalue weighted by Gasteiger charge is -2.23. The molecule has 0 unspecified atom stereocenters. The van der Waals surface area contributed by atoms with E-state index in [9.17, 15) is 0 Å². The molecule has 1 aromatic carbocycles. The van der Waals surface area contributed by atoms with Gasteiger partial charge in [0.2, 0.25) is 5.95 Å². The number of aromatic nitrogens is 2. The van der Waals surface area contributed by atoms with Crippen LogP contribution >= 0.6 is 11.6 Å². The molecule has 3 N–H and O–H groups in total. The van der Waals surface area contributed by atoms with Gasteiger partial charge in [0.15, 0.2) is 0 Å². The zero-order chi connectivity index (χ0) is 14.0. The maximum absolute atomic E-state index is 5.87. The quantitative estimate of drug-likeness (QED) is 0.820. The van der Waals surface area contributed by atoms with E-state index >= 15 is 0 Å². The van der Waals surface area contributed by atoms with Crippen LogP contribution in [0.4, 0.5) is 17.5 Å². The highest BCUT2D eigenvalue weighted by Gasteiger charge is 2.17. The van der Waals surface area contributed by atoms with Crippen molar-refractivity contribution in [3.8, 4) is 0 Å². The number of para-hydroxylation sites is 1. The third-order valence-electron chi connectivity index (χ3n) is 2.71. The highest BCUT2D eigenvalue weighted by Crippen LogP contribution is 2.31. The Morgan fingerprint density at radius 3 is 2.47 bits per heavy atom. The number of nitrogens with one attached hydrogen (secondary N) is 1. The average molecular weight is 277 g/mol. The minimum Gasteiger partial charge on any atom is -0.368 e. The summed E-state index contributed by atoms with van der Waals surface area (Å²) in [6, 6.07) is 9.75. The van der Waals surface area contributed by atoms with E-state index in [1.807, 2.05) is 18.2 Å². The number of nitrogen functional groups attached to an aromatic ring is 1. The first-order chi connectivity index (χ1) is 8.86. The number of nitrogens with two attached hydrogens (primary N) is 1. The van der Waals surface area contributed by atoms with Gasteiger partial charge in [-0.1, -0.05) is 50.6 Å². The maximum atomic E-state index is 5.87. The molecule has 5 heteroatoms. The lowest BCUT2D eigenvalue weighted by Crippen LogP contribution is -2.14. The van der Waals surface area contributed by atoms with E-state index in [-0.39, 0.29) is 11.4 Å². The van der Waals surface area contributed by atoms with Gasteiger partial charge in [0.05, 0.1) is 0 Å². The Morgan fingerprint density at radius 1 is 1.16 bits per heavy atom. The fraction of sp³-hybridized carbons (Fsp3) is 0.286. The number of hydrogen-bond acceptors (Lipinski definition) is 4. The highest BCUT2D eigenvalue weighted by atomic mass is 35.5. The topological polar surface area (TPSA) is 63.8 Å². The monoisotopic (exact) mass is 276 g/mol. The number of rotatable bonds is 2. The van der Waals surface area contributed by atoms with Gasteiger partial charge in [0, 0.05) is 11.8 Å². The molecule has 0 amide bonds. The van der Waals surface area contributed by atoms with Crippen LogP contribution in [0.5, 0.6) is 0 Å². The van der Waals surface area contributed by atoms with Crippen LogP contribution in [-0.2, 0) is 5.41 Å².